The molecule has 0 aliphatic carbocycles. The molecule has 0 saturated heterocycles. The first-order chi connectivity index (χ1) is 9.67. The van der Waals surface area contributed by atoms with Crippen LogP contribution in [0.15, 0.2) is 24.3 Å². The van der Waals surface area contributed by atoms with Crippen molar-refractivity contribution in [2.75, 3.05) is 11.4 Å². The van der Waals surface area contributed by atoms with Gasteiger partial charge < -0.3 is 4.90 Å². The Hall–Kier alpha value is -1.35. The Labute approximate surface area is 126 Å². The van der Waals surface area contributed by atoms with E-state index in [1.165, 1.54) is 6.42 Å². The maximum absolute atomic E-state index is 6.10. The third-order valence-electron chi connectivity index (χ3n) is 3.70. The molecule has 0 bridgehead atoms. The summed E-state index contributed by atoms with van der Waals surface area (Å²) in [5.74, 6) is 0.961. The molecule has 3 nitrogen and oxygen atoms in total. The first kappa shape index (κ1) is 15.0. The Balaban J connectivity index is 2.51. The summed E-state index contributed by atoms with van der Waals surface area (Å²) in [6.45, 7) is 7.65. The predicted octanol–water partition coefficient (Wildman–Crippen LogP) is 4.69. The van der Waals surface area contributed by atoms with E-state index < -0.39 is 0 Å². The second-order valence-corrected chi connectivity index (χ2v) is 5.48. The minimum atomic E-state index is 0.323. The van der Waals surface area contributed by atoms with Crippen LogP contribution in [0, 0.1) is 0 Å². The van der Waals surface area contributed by atoms with Gasteiger partial charge in [-0.1, -0.05) is 32.4 Å². The van der Waals surface area contributed by atoms with Gasteiger partial charge in [-0.15, -0.1) is 0 Å². The highest BCUT2D eigenvalue weighted by atomic mass is 35.5. The third-order valence-corrected chi connectivity index (χ3v) is 3.87. The lowest BCUT2D eigenvalue weighted by Crippen LogP contribution is -2.34. The van der Waals surface area contributed by atoms with Crippen molar-refractivity contribution in [3.05, 3.63) is 29.5 Å². The summed E-state index contributed by atoms with van der Waals surface area (Å²) in [7, 11) is 0. The number of nitrogens with zero attached hydrogens (tertiary/aromatic N) is 3. The van der Waals surface area contributed by atoms with Crippen LogP contribution < -0.4 is 4.90 Å². The first-order valence-electron chi connectivity index (χ1n) is 7.36. The predicted molar refractivity (Wildman–Crippen MR) is 86.6 cm³/mol. The molecule has 1 aromatic heterocycles. The normalized spacial score (nSPS) is 12.6. The van der Waals surface area contributed by atoms with E-state index in [1.54, 1.807) is 0 Å². The van der Waals surface area contributed by atoms with E-state index in [2.05, 4.69) is 41.7 Å². The van der Waals surface area contributed by atoms with Gasteiger partial charge in [0.25, 0.3) is 0 Å². The van der Waals surface area contributed by atoms with Crippen molar-refractivity contribution < 1.29 is 0 Å². The Morgan fingerprint density at radius 3 is 2.65 bits per heavy atom. The number of benzene rings is 1. The molecule has 108 valence electrons. The van der Waals surface area contributed by atoms with E-state index in [9.17, 15) is 0 Å². The summed E-state index contributed by atoms with van der Waals surface area (Å²) in [6, 6.07) is 8.51. The van der Waals surface area contributed by atoms with E-state index in [0.717, 1.165) is 36.1 Å². The molecule has 1 aromatic carbocycles. The average molecular weight is 292 g/mol. The molecule has 0 N–H and O–H groups in total. The summed E-state index contributed by atoms with van der Waals surface area (Å²) in [4.78, 5) is 11.2. The van der Waals surface area contributed by atoms with Crippen LogP contribution >= 0.6 is 11.6 Å². The summed E-state index contributed by atoms with van der Waals surface area (Å²) < 4.78 is 0. The molecule has 0 saturated carbocycles. The number of unbranched alkanes of at least 4 members (excludes halogenated alkanes) is 1. The molecule has 0 spiro atoms. The zero-order valence-electron chi connectivity index (χ0n) is 12.4. The average Bonchev–Trinajstić information content (AvgIpc) is 2.46. The van der Waals surface area contributed by atoms with Gasteiger partial charge in [-0.3, -0.25) is 0 Å². The number of hydrogen-bond donors (Lipinski definition) is 0. The van der Waals surface area contributed by atoms with Crippen LogP contribution in [0.5, 0.6) is 0 Å². The molecule has 2 aromatic rings. The Bertz CT molecular complexity index is 571. The summed E-state index contributed by atoms with van der Waals surface area (Å²) >= 11 is 6.10. The lowest BCUT2D eigenvalue weighted by molar-refractivity contribution is 0.591. The topological polar surface area (TPSA) is 29.0 Å². The quantitative estimate of drug-likeness (QED) is 0.723. The van der Waals surface area contributed by atoms with Crippen molar-refractivity contribution in [2.45, 2.75) is 46.1 Å². The molecule has 0 radical (unpaired) electrons. The summed E-state index contributed by atoms with van der Waals surface area (Å²) in [6.07, 6.45) is 3.41. The van der Waals surface area contributed by atoms with Gasteiger partial charge in [-0.2, -0.15) is 4.98 Å². The van der Waals surface area contributed by atoms with Crippen LogP contribution in [0.3, 0.4) is 0 Å². The van der Waals surface area contributed by atoms with Crippen molar-refractivity contribution in [1.29, 1.82) is 0 Å². The molecule has 0 fully saturated rings. The number of aromatic nitrogens is 2. The van der Waals surface area contributed by atoms with Crippen molar-refractivity contribution in [3.8, 4) is 0 Å². The van der Waals surface area contributed by atoms with Crippen LogP contribution in [0.2, 0.25) is 5.28 Å². The van der Waals surface area contributed by atoms with Crippen molar-refractivity contribution in [1.82, 2.24) is 9.97 Å². The van der Waals surface area contributed by atoms with Crippen LogP contribution in [-0.4, -0.2) is 22.6 Å². The lowest BCUT2D eigenvalue weighted by Gasteiger charge is -2.30. The lowest BCUT2D eigenvalue weighted by atomic mass is 10.1. The van der Waals surface area contributed by atoms with Crippen molar-refractivity contribution >= 4 is 28.3 Å². The number of hydrogen-bond acceptors (Lipinski definition) is 3. The molecule has 1 atom stereocenters. The zero-order chi connectivity index (χ0) is 14.5. The fourth-order valence-electron chi connectivity index (χ4n) is 2.34. The molecule has 0 amide bonds. The Morgan fingerprint density at radius 2 is 1.95 bits per heavy atom. The van der Waals surface area contributed by atoms with Crippen LogP contribution in [0.4, 0.5) is 5.82 Å². The second kappa shape index (κ2) is 6.89. The van der Waals surface area contributed by atoms with Gasteiger partial charge in [-0.25, -0.2) is 4.98 Å². The van der Waals surface area contributed by atoms with E-state index >= 15 is 0 Å². The minimum absolute atomic E-state index is 0.323. The minimum Gasteiger partial charge on any atom is -0.353 e. The first-order valence-corrected chi connectivity index (χ1v) is 7.74. The van der Waals surface area contributed by atoms with Crippen molar-refractivity contribution in [3.63, 3.8) is 0 Å². The van der Waals surface area contributed by atoms with Gasteiger partial charge in [0.15, 0.2) is 0 Å². The van der Waals surface area contributed by atoms with Gasteiger partial charge in [-0.05, 0) is 43.5 Å². The fraction of sp³-hybridized carbons (Fsp3) is 0.500. The molecule has 20 heavy (non-hydrogen) atoms. The summed E-state index contributed by atoms with van der Waals surface area (Å²) in [5, 5.41) is 1.40. The third kappa shape index (κ3) is 3.21. The highest BCUT2D eigenvalue weighted by Crippen LogP contribution is 2.27. The van der Waals surface area contributed by atoms with E-state index in [4.69, 9.17) is 11.6 Å². The zero-order valence-corrected chi connectivity index (χ0v) is 13.2. The van der Waals surface area contributed by atoms with Gasteiger partial charge in [0.2, 0.25) is 5.28 Å². The van der Waals surface area contributed by atoms with Gasteiger partial charge in [0, 0.05) is 18.0 Å². The van der Waals surface area contributed by atoms with Gasteiger partial charge in [0.1, 0.15) is 5.82 Å². The molecule has 2 rings (SSSR count). The maximum Gasteiger partial charge on any atom is 0.224 e. The monoisotopic (exact) mass is 291 g/mol. The molecular weight excluding hydrogens is 270 g/mol. The molecule has 0 aliphatic rings. The highest BCUT2D eigenvalue weighted by Gasteiger charge is 2.17. The molecule has 4 heteroatoms. The van der Waals surface area contributed by atoms with E-state index in [1.807, 2.05) is 18.2 Å². The smallest absolute Gasteiger partial charge is 0.224 e. The number of rotatable bonds is 6. The standard InChI is InChI=1S/C16H22ClN3/c1-4-6-11-20(12(3)5-2)15-13-9-7-8-10-14(13)18-16(17)19-15/h7-10,12H,4-6,11H2,1-3H3. The molecule has 0 aliphatic heterocycles. The second-order valence-electron chi connectivity index (χ2n) is 5.14. The number of anilines is 1. The SMILES string of the molecule is CCCCN(c1nc(Cl)nc2ccccc12)C(C)CC. The Kier molecular flexibility index (Phi) is 5.18. The van der Waals surface area contributed by atoms with Crippen LogP contribution in [-0.2, 0) is 0 Å². The van der Waals surface area contributed by atoms with E-state index in [0.29, 0.717) is 11.3 Å². The molecule has 1 unspecified atom stereocenters. The highest BCUT2D eigenvalue weighted by molar-refractivity contribution is 6.28. The number of fused-ring (bicyclic) bond motifs is 1. The summed E-state index contributed by atoms with van der Waals surface area (Å²) in [5.41, 5.74) is 0.910. The van der Waals surface area contributed by atoms with Crippen molar-refractivity contribution in [2.24, 2.45) is 0 Å². The Morgan fingerprint density at radius 1 is 1.20 bits per heavy atom. The number of para-hydroxylation sites is 1. The van der Waals surface area contributed by atoms with Gasteiger partial charge in [0.05, 0.1) is 5.52 Å². The van der Waals surface area contributed by atoms with Crippen LogP contribution in [0.25, 0.3) is 10.9 Å². The molecule has 1 heterocycles. The largest absolute Gasteiger partial charge is 0.353 e. The van der Waals surface area contributed by atoms with E-state index in [-0.39, 0.29) is 0 Å². The fourth-order valence-corrected chi connectivity index (χ4v) is 2.51. The molecular formula is C16H22ClN3. The van der Waals surface area contributed by atoms with Gasteiger partial charge >= 0.3 is 0 Å². The maximum atomic E-state index is 6.10. The number of halogens is 1. The van der Waals surface area contributed by atoms with Crippen LogP contribution in [0.1, 0.15) is 40.0 Å².